The molecule has 9 heteroatoms. The Morgan fingerprint density at radius 1 is 0.841 bits per heavy atom. The fraction of sp³-hybridized carbons (Fsp3) is 1.00. The van der Waals surface area contributed by atoms with Gasteiger partial charge in [-0.1, -0.05) is 34.6 Å². The number of hydrogen-bond acceptors (Lipinski definition) is 9. The minimum atomic E-state index is -1.28. The second-order valence-electron chi connectivity index (χ2n) is 18.3. The lowest BCUT2D eigenvalue weighted by Crippen LogP contribution is -2.61. The normalized spacial score (nSPS) is 62.2. The van der Waals surface area contributed by atoms with Gasteiger partial charge in [0.1, 0.15) is 30.5 Å². The number of fused-ring (bicyclic) bond motifs is 4. The minimum absolute atomic E-state index is 0.0559. The SMILES string of the molecule is C[C@@H]1C[C@@H]2OC3(O[C@@H]2C(C)(C)O)[C@H](O)[C@@]2(C)[C@@H]4CC[C@H]5C(C)(C)[C@@H](O[C@@H]6OC[C@H](O)[C@H](O)[C@H]6O)CC[C@@]56C[C@@]46CC[C@]2(C)[C@@H]13. The molecule has 250 valence electrons. The van der Waals surface area contributed by atoms with E-state index >= 15 is 0 Å². The van der Waals surface area contributed by atoms with Crippen molar-refractivity contribution in [2.45, 2.75) is 160 Å². The molecule has 9 nitrogen and oxygen atoms in total. The number of hydrogen-bond donors (Lipinski definition) is 5. The lowest BCUT2D eigenvalue weighted by Gasteiger charge is -2.63. The first-order valence-electron chi connectivity index (χ1n) is 17.5. The number of ether oxygens (including phenoxy) is 4. The zero-order valence-corrected chi connectivity index (χ0v) is 27.7. The fourth-order valence-corrected chi connectivity index (χ4v) is 14.0. The van der Waals surface area contributed by atoms with E-state index in [1.165, 1.54) is 6.42 Å². The molecule has 3 aliphatic heterocycles. The number of rotatable bonds is 3. The van der Waals surface area contributed by atoms with Crippen molar-refractivity contribution in [3.8, 4) is 0 Å². The van der Waals surface area contributed by atoms with Crippen molar-refractivity contribution in [2.24, 2.45) is 50.7 Å². The van der Waals surface area contributed by atoms with Crippen LogP contribution >= 0.6 is 0 Å². The molecule has 1 unspecified atom stereocenters. The van der Waals surface area contributed by atoms with E-state index < -0.39 is 48.2 Å². The maximum Gasteiger partial charge on any atom is 0.199 e. The molecule has 2 bridgehead atoms. The van der Waals surface area contributed by atoms with Gasteiger partial charge in [-0.2, -0.15) is 0 Å². The summed E-state index contributed by atoms with van der Waals surface area (Å²) >= 11 is 0. The molecule has 3 heterocycles. The first-order chi connectivity index (χ1) is 20.4. The van der Waals surface area contributed by atoms with Crippen molar-refractivity contribution in [3.05, 3.63) is 0 Å². The van der Waals surface area contributed by atoms with Crippen molar-refractivity contribution < 1.29 is 44.5 Å². The summed E-state index contributed by atoms with van der Waals surface area (Å²) in [7, 11) is 0. The Bertz CT molecular complexity index is 1200. The molecule has 5 saturated carbocycles. The Morgan fingerprint density at radius 3 is 2.23 bits per heavy atom. The molecule has 0 aromatic rings. The molecule has 8 rings (SSSR count). The predicted octanol–water partition coefficient (Wildman–Crippen LogP) is 3.12. The first-order valence-corrected chi connectivity index (χ1v) is 17.5. The molecule has 5 aliphatic carbocycles. The highest BCUT2D eigenvalue weighted by atomic mass is 16.8. The van der Waals surface area contributed by atoms with Crippen molar-refractivity contribution >= 4 is 0 Å². The maximum absolute atomic E-state index is 12.7. The van der Waals surface area contributed by atoms with Gasteiger partial charge in [-0.05, 0) is 105 Å². The molecule has 0 aromatic carbocycles. The van der Waals surface area contributed by atoms with Crippen LogP contribution in [-0.2, 0) is 18.9 Å². The summed E-state index contributed by atoms with van der Waals surface area (Å²) in [4.78, 5) is 0. The van der Waals surface area contributed by atoms with Crippen LogP contribution in [0.4, 0.5) is 0 Å². The molecule has 3 saturated heterocycles. The summed E-state index contributed by atoms with van der Waals surface area (Å²) in [5.74, 6) is 0.108. The van der Waals surface area contributed by atoms with Crippen LogP contribution in [0.5, 0.6) is 0 Å². The third-order valence-corrected chi connectivity index (χ3v) is 15.9. The van der Waals surface area contributed by atoms with Gasteiger partial charge in [-0.15, -0.1) is 0 Å². The summed E-state index contributed by atoms with van der Waals surface area (Å²) < 4.78 is 25.8. The van der Waals surface area contributed by atoms with E-state index in [-0.39, 0.29) is 51.8 Å². The zero-order chi connectivity index (χ0) is 31.6. The van der Waals surface area contributed by atoms with Gasteiger partial charge in [-0.25, -0.2) is 0 Å². The van der Waals surface area contributed by atoms with Crippen LogP contribution < -0.4 is 0 Å². The second-order valence-corrected chi connectivity index (χ2v) is 18.3. The molecule has 0 aromatic heterocycles. The topological polar surface area (TPSA) is 138 Å². The van der Waals surface area contributed by atoms with Crippen LogP contribution in [0.2, 0.25) is 0 Å². The summed E-state index contributed by atoms with van der Waals surface area (Å²) in [5, 5.41) is 54.5. The quantitative estimate of drug-likeness (QED) is 0.301. The van der Waals surface area contributed by atoms with Crippen LogP contribution in [0, 0.1) is 50.7 Å². The standard InChI is InChI=1S/C35H56O9/c1-17-14-19-26(30(4,5)40)44-35(43-19)25(17)31(6)12-13-34-16-33(34)11-10-22(42-27-24(38)23(37)18(36)15-41-27)29(2,3)20(33)8-9-21(34)32(31,7)28(35)39/h17-28,36-40H,8-16H2,1-7H3/t17-,18+,19+,20+,21+,22+,23+,24-,25-,26+,27+,28-,31-,32-,33-,34+,35?/m1/s1. The van der Waals surface area contributed by atoms with E-state index in [1.807, 2.05) is 0 Å². The van der Waals surface area contributed by atoms with Gasteiger partial charge in [-0.3, -0.25) is 0 Å². The van der Waals surface area contributed by atoms with Gasteiger partial charge in [0.25, 0.3) is 0 Å². The van der Waals surface area contributed by atoms with Gasteiger partial charge in [0.15, 0.2) is 12.1 Å². The first kappa shape index (κ1) is 30.9. The molecular weight excluding hydrogens is 564 g/mol. The fourth-order valence-electron chi connectivity index (χ4n) is 14.0. The molecule has 0 amide bonds. The zero-order valence-electron chi connectivity index (χ0n) is 27.7. The van der Waals surface area contributed by atoms with Crippen molar-refractivity contribution in [3.63, 3.8) is 0 Å². The molecular formula is C35H56O9. The largest absolute Gasteiger partial charge is 0.388 e. The summed E-state index contributed by atoms with van der Waals surface area (Å²) in [6, 6.07) is 0. The van der Waals surface area contributed by atoms with Crippen LogP contribution in [0.3, 0.4) is 0 Å². The van der Waals surface area contributed by atoms with Crippen molar-refractivity contribution in [2.75, 3.05) is 6.61 Å². The molecule has 3 spiro atoms. The lowest BCUT2D eigenvalue weighted by molar-refractivity contribution is -0.303. The van der Waals surface area contributed by atoms with Crippen molar-refractivity contribution in [1.29, 1.82) is 0 Å². The summed E-state index contributed by atoms with van der Waals surface area (Å²) in [6.45, 7) is 15.2. The Labute approximate surface area is 262 Å². The van der Waals surface area contributed by atoms with Crippen LogP contribution in [0.1, 0.15) is 99.8 Å². The van der Waals surface area contributed by atoms with Gasteiger partial charge in [0.05, 0.1) is 24.4 Å². The number of aliphatic hydroxyl groups is 5. The molecule has 17 atom stereocenters. The second kappa shape index (κ2) is 9.00. The average Bonchev–Trinajstić information content (AvgIpc) is 3.45. The van der Waals surface area contributed by atoms with Gasteiger partial charge in [0, 0.05) is 11.3 Å². The monoisotopic (exact) mass is 620 g/mol. The molecule has 8 aliphatic rings. The Hall–Kier alpha value is -0.360. The van der Waals surface area contributed by atoms with E-state index in [1.54, 1.807) is 13.8 Å². The van der Waals surface area contributed by atoms with E-state index in [0.29, 0.717) is 17.8 Å². The Morgan fingerprint density at radius 2 is 1.52 bits per heavy atom. The molecule has 5 N–H and O–H groups in total. The van der Waals surface area contributed by atoms with Gasteiger partial charge in [0.2, 0.25) is 0 Å². The number of aliphatic hydroxyl groups excluding tert-OH is 4. The molecule has 0 radical (unpaired) electrons. The Balaban J connectivity index is 1.10. The highest BCUT2D eigenvalue weighted by Gasteiger charge is 2.88. The predicted molar refractivity (Wildman–Crippen MR) is 159 cm³/mol. The third kappa shape index (κ3) is 3.38. The maximum atomic E-state index is 12.7. The van der Waals surface area contributed by atoms with E-state index in [9.17, 15) is 25.5 Å². The van der Waals surface area contributed by atoms with Crippen LogP contribution in [-0.4, -0.2) is 92.5 Å². The van der Waals surface area contributed by atoms with E-state index in [2.05, 4.69) is 34.6 Å². The summed E-state index contributed by atoms with van der Waals surface area (Å²) in [5.41, 5.74) is -1.39. The van der Waals surface area contributed by atoms with Crippen LogP contribution in [0.25, 0.3) is 0 Å². The van der Waals surface area contributed by atoms with E-state index in [0.717, 1.165) is 44.9 Å². The highest BCUT2D eigenvalue weighted by Crippen LogP contribution is 2.90. The summed E-state index contributed by atoms with van der Waals surface area (Å²) in [6.07, 6.45) is 2.00. The van der Waals surface area contributed by atoms with E-state index in [4.69, 9.17) is 18.9 Å². The third-order valence-electron chi connectivity index (χ3n) is 15.9. The average molecular weight is 621 g/mol. The Kier molecular flexibility index (Phi) is 6.33. The van der Waals surface area contributed by atoms with Gasteiger partial charge < -0.3 is 44.5 Å². The smallest absolute Gasteiger partial charge is 0.199 e. The molecule has 8 fully saturated rings. The van der Waals surface area contributed by atoms with Crippen LogP contribution in [0.15, 0.2) is 0 Å². The van der Waals surface area contributed by atoms with Crippen molar-refractivity contribution in [1.82, 2.24) is 0 Å². The van der Waals surface area contributed by atoms with Gasteiger partial charge >= 0.3 is 0 Å². The highest BCUT2D eigenvalue weighted by molar-refractivity contribution is 5.34. The molecule has 44 heavy (non-hydrogen) atoms. The minimum Gasteiger partial charge on any atom is -0.388 e. The lowest BCUT2D eigenvalue weighted by atomic mass is 9.41.